The van der Waals surface area contributed by atoms with E-state index in [2.05, 4.69) is 9.97 Å². The van der Waals surface area contributed by atoms with Crippen molar-refractivity contribution in [1.29, 1.82) is 0 Å². The van der Waals surface area contributed by atoms with Crippen molar-refractivity contribution in [2.24, 2.45) is 5.41 Å². The first-order chi connectivity index (χ1) is 8.76. The van der Waals surface area contributed by atoms with Gasteiger partial charge >= 0.3 is 12.1 Å². The number of nitrogens with zero attached hydrogens (tertiary/aromatic N) is 2. The average molecular weight is 329 g/mol. The van der Waals surface area contributed by atoms with E-state index in [1.165, 1.54) is 12.4 Å². The summed E-state index contributed by atoms with van der Waals surface area (Å²) in [5.74, 6) is -2.71. The quantitative estimate of drug-likeness (QED) is 0.922. The molecule has 1 aromatic rings. The van der Waals surface area contributed by atoms with Gasteiger partial charge in [0.05, 0.1) is 16.9 Å². The van der Waals surface area contributed by atoms with Crippen LogP contribution in [0.5, 0.6) is 0 Å². The van der Waals surface area contributed by atoms with Gasteiger partial charge in [-0.15, -0.1) is 0 Å². The third-order valence-electron chi connectivity index (χ3n) is 3.35. The first-order valence-corrected chi connectivity index (χ1v) is 5.90. The lowest BCUT2D eigenvalue weighted by Crippen LogP contribution is -2.33. The monoisotopic (exact) mass is 328 g/mol. The Bertz CT molecular complexity index is 491. The summed E-state index contributed by atoms with van der Waals surface area (Å²) in [6.07, 6.45) is -2.96. The number of halogens is 4. The van der Waals surface area contributed by atoms with Crippen LogP contribution in [0.3, 0.4) is 0 Å². The molecule has 1 aliphatic carbocycles. The number of carboxylic acid groups (broad SMARTS) is 1. The van der Waals surface area contributed by atoms with Crippen LogP contribution in [0.25, 0.3) is 0 Å². The molecule has 9 heteroatoms. The smallest absolute Gasteiger partial charge is 0.395 e. The SMILES string of the molecule is O=C(O)C[C@H](c1ncc(Cl)cn1)C1(C(F)(F)F)CC1.S. The molecule has 0 saturated heterocycles. The van der Waals surface area contributed by atoms with Gasteiger partial charge in [-0.05, 0) is 12.8 Å². The minimum atomic E-state index is -4.46. The zero-order chi connectivity index (χ0) is 14.3. The molecule has 1 heterocycles. The van der Waals surface area contributed by atoms with Gasteiger partial charge in [-0.2, -0.15) is 26.7 Å². The summed E-state index contributed by atoms with van der Waals surface area (Å²) < 4.78 is 39.3. The van der Waals surface area contributed by atoms with Gasteiger partial charge in [0.1, 0.15) is 5.82 Å². The molecule has 0 aliphatic heterocycles. The summed E-state index contributed by atoms with van der Waals surface area (Å²) in [6, 6.07) is 0. The molecule has 1 aliphatic rings. The maximum atomic E-state index is 13.1. The highest BCUT2D eigenvalue weighted by Gasteiger charge is 2.68. The molecule has 0 spiro atoms. The fourth-order valence-corrected chi connectivity index (χ4v) is 2.27. The lowest BCUT2D eigenvalue weighted by Gasteiger charge is -2.26. The molecule has 112 valence electrons. The molecule has 1 fully saturated rings. The summed E-state index contributed by atoms with van der Waals surface area (Å²) in [5, 5.41) is 9.00. The summed E-state index contributed by atoms with van der Waals surface area (Å²) in [4.78, 5) is 18.3. The Morgan fingerprint density at radius 2 is 1.90 bits per heavy atom. The van der Waals surface area contributed by atoms with Gasteiger partial charge in [0.2, 0.25) is 0 Å². The lowest BCUT2D eigenvalue weighted by atomic mass is 9.84. The van der Waals surface area contributed by atoms with Gasteiger partial charge in [-0.25, -0.2) is 9.97 Å². The van der Waals surface area contributed by atoms with Crippen LogP contribution < -0.4 is 0 Å². The van der Waals surface area contributed by atoms with Gasteiger partial charge < -0.3 is 5.11 Å². The highest BCUT2D eigenvalue weighted by atomic mass is 35.5. The van der Waals surface area contributed by atoms with Gasteiger partial charge in [-0.3, -0.25) is 4.79 Å². The Hall–Kier alpha value is -1.02. The number of carbonyl (C=O) groups is 1. The molecule has 0 radical (unpaired) electrons. The molecule has 20 heavy (non-hydrogen) atoms. The van der Waals surface area contributed by atoms with E-state index in [0.29, 0.717) is 0 Å². The Morgan fingerprint density at radius 3 is 2.25 bits per heavy atom. The van der Waals surface area contributed by atoms with E-state index in [0.717, 1.165) is 0 Å². The van der Waals surface area contributed by atoms with Crippen LogP contribution >= 0.6 is 25.1 Å². The highest BCUT2D eigenvalue weighted by Crippen LogP contribution is 2.65. The van der Waals surface area contributed by atoms with E-state index < -0.39 is 29.9 Å². The van der Waals surface area contributed by atoms with Crippen molar-refractivity contribution >= 4 is 31.1 Å². The van der Waals surface area contributed by atoms with Crippen molar-refractivity contribution in [2.45, 2.75) is 31.4 Å². The zero-order valence-corrected chi connectivity index (χ0v) is 11.9. The van der Waals surface area contributed by atoms with Gasteiger partial charge in [-0.1, -0.05) is 11.6 Å². The molecule has 2 rings (SSSR count). The van der Waals surface area contributed by atoms with Crippen LogP contribution in [-0.2, 0) is 4.79 Å². The Balaban J connectivity index is 0.00000200. The Labute approximate surface area is 124 Å². The third-order valence-corrected chi connectivity index (χ3v) is 3.55. The fourth-order valence-electron chi connectivity index (χ4n) is 2.17. The number of aliphatic carboxylic acids is 1. The number of alkyl halides is 3. The molecule has 0 bridgehead atoms. The summed E-state index contributed by atoms with van der Waals surface area (Å²) in [6.45, 7) is 0. The van der Waals surface area contributed by atoms with Gasteiger partial charge in [0, 0.05) is 18.3 Å². The molecule has 0 aromatic carbocycles. The largest absolute Gasteiger partial charge is 0.481 e. The van der Waals surface area contributed by atoms with Crippen LogP contribution in [0, 0.1) is 5.41 Å². The number of aromatic nitrogens is 2. The average Bonchev–Trinajstić information content (AvgIpc) is 3.07. The normalized spacial score (nSPS) is 18.0. The van der Waals surface area contributed by atoms with Crippen molar-refractivity contribution in [3.05, 3.63) is 23.2 Å². The fraction of sp³-hybridized carbons (Fsp3) is 0.545. The van der Waals surface area contributed by atoms with Crippen molar-refractivity contribution in [3.8, 4) is 0 Å². The summed E-state index contributed by atoms with van der Waals surface area (Å²) in [7, 11) is 0. The zero-order valence-electron chi connectivity index (χ0n) is 10.1. The minimum Gasteiger partial charge on any atom is -0.481 e. The highest BCUT2D eigenvalue weighted by molar-refractivity contribution is 7.59. The second-order valence-corrected chi connectivity index (χ2v) is 5.00. The third kappa shape index (κ3) is 3.17. The van der Waals surface area contributed by atoms with E-state index in [1.807, 2.05) is 0 Å². The Kier molecular flexibility index (Phi) is 4.91. The number of carboxylic acids is 1. The molecule has 4 nitrogen and oxygen atoms in total. The van der Waals surface area contributed by atoms with Crippen LogP contribution in [0.15, 0.2) is 12.4 Å². The maximum absolute atomic E-state index is 13.1. The first-order valence-electron chi connectivity index (χ1n) is 5.52. The van der Waals surface area contributed by atoms with Crippen molar-refractivity contribution in [1.82, 2.24) is 9.97 Å². The maximum Gasteiger partial charge on any atom is 0.395 e. The van der Waals surface area contributed by atoms with E-state index in [9.17, 15) is 18.0 Å². The molecule has 0 unspecified atom stereocenters. The van der Waals surface area contributed by atoms with Crippen molar-refractivity contribution in [3.63, 3.8) is 0 Å². The standard InChI is InChI=1S/C11H10ClF3N2O2.H2S/c12-6-4-16-9(17-5-6)7(3-8(18)19)10(1-2-10)11(13,14)15;/h4-5,7H,1-3H2,(H,18,19);1H2/t7-;/m1./s1. The molecule has 1 saturated carbocycles. The minimum absolute atomic E-state index is 0. The summed E-state index contributed by atoms with van der Waals surface area (Å²) >= 11 is 5.58. The van der Waals surface area contributed by atoms with Crippen LogP contribution in [-0.4, -0.2) is 27.2 Å². The molecular formula is C11H12ClF3N2O2S. The molecule has 0 amide bonds. The molecule has 1 aromatic heterocycles. The van der Waals surface area contributed by atoms with Crippen LogP contribution in [0.4, 0.5) is 13.2 Å². The topological polar surface area (TPSA) is 63.1 Å². The van der Waals surface area contributed by atoms with E-state index in [4.69, 9.17) is 16.7 Å². The van der Waals surface area contributed by atoms with Crippen molar-refractivity contribution < 1.29 is 23.1 Å². The number of hydrogen-bond acceptors (Lipinski definition) is 3. The van der Waals surface area contributed by atoms with E-state index in [1.54, 1.807) is 0 Å². The molecule has 1 atom stereocenters. The lowest BCUT2D eigenvalue weighted by molar-refractivity contribution is -0.196. The van der Waals surface area contributed by atoms with E-state index in [-0.39, 0.29) is 37.2 Å². The van der Waals surface area contributed by atoms with Crippen LogP contribution in [0.1, 0.15) is 31.0 Å². The molecular weight excluding hydrogens is 317 g/mol. The second kappa shape index (κ2) is 5.77. The molecule has 1 N–H and O–H groups in total. The van der Waals surface area contributed by atoms with Gasteiger partial charge in [0.25, 0.3) is 0 Å². The van der Waals surface area contributed by atoms with E-state index >= 15 is 0 Å². The number of hydrogen-bond donors (Lipinski definition) is 1. The van der Waals surface area contributed by atoms with Gasteiger partial charge in [0.15, 0.2) is 0 Å². The second-order valence-electron chi connectivity index (χ2n) is 4.56. The van der Waals surface area contributed by atoms with Crippen molar-refractivity contribution in [2.75, 3.05) is 0 Å². The van der Waals surface area contributed by atoms with Crippen LogP contribution in [0.2, 0.25) is 5.02 Å². The summed E-state index contributed by atoms with van der Waals surface area (Å²) in [5.41, 5.74) is -2.01. The predicted molar refractivity (Wildman–Crippen MR) is 70.1 cm³/mol. The predicted octanol–water partition coefficient (Wildman–Crippen LogP) is 3.14. The first kappa shape index (κ1) is 17.0. The Morgan fingerprint density at radius 1 is 1.40 bits per heavy atom. The number of rotatable bonds is 4.